The summed E-state index contributed by atoms with van der Waals surface area (Å²) >= 11 is 0. The maximum Gasteiger partial charge on any atom is 0.322 e. The van der Waals surface area contributed by atoms with E-state index in [9.17, 15) is 4.79 Å². The summed E-state index contributed by atoms with van der Waals surface area (Å²) in [5.41, 5.74) is 0. The van der Waals surface area contributed by atoms with E-state index >= 15 is 0 Å². The molecule has 0 amide bonds. The lowest BCUT2D eigenvalue weighted by Gasteiger charge is -2.18. The van der Waals surface area contributed by atoms with E-state index in [1.54, 1.807) is 0 Å². The molecule has 0 fully saturated rings. The van der Waals surface area contributed by atoms with Crippen molar-refractivity contribution in [1.82, 2.24) is 5.32 Å². The van der Waals surface area contributed by atoms with Gasteiger partial charge in [-0.2, -0.15) is 0 Å². The van der Waals surface area contributed by atoms with E-state index in [0.29, 0.717) is 5.92 Å². The van der Waals surface area contributed by atoms with Gasteiger partial charge in [0.1, 0.15) is 6.04 Å². The van der Waals surface area contributed by atoms with Crippen LogP contribution in [-0.2, 0) is 9.53 Å². The number of ether oxygens (including phenoxy) is 1. The van der Waals surface area contributed by atoms with Gasteiger partial charge in [0.25, 0.3) is 0 Å². The Balaban J connectivity index is 3.56. The summed E-state index contributed by atoms with van der Waals surface area (Å²) in [7, 11) is 1.47. The molecule has 0 bridgehead atoms. The van der Waals surface area contributed by atoms with E-state index in [2.05, 4.69) is 26.1 Å². The summed E-state index contributed by atoms with van der Waals surface area (Å²) in [6, 6.07) is -0.135. The molecule has 0 aliphatic rings. The molecule has 20 heavy (non-hydrogen) atoms. The van der Waals surface area contributed by atoms with Crippen molar-refractivity contribution < 1.29 is 9.53 Å². The van der Waals surface area contributed by atoms with E-state index in [1.165, 1.54) is 52.1 Å². The number of carbonyl (C=O) groups excluding carboxylic acids is 1. The van der Waals surface area contributed by atoms with Crippen molar-refractivity contribution in [3.05, 3.63) is 0 Å². The summed E-state index contributed by atoms with van der Waals surface area (Å²) in [4.78, 5) is 11.6. The molecular weight excluding hydrogens is 250 g/mol. The quantitative estimate of drug-likeness (QED) is 0.405. The molecule has 0 aromatic rings. The van der Waals surface area contributed by atoms with Gasteiger partial charge in [0.05, 0.1) is 7.11 Å². The summed E-state index contributed by atoms with van der Waals surface area (Å²) < 4.78 is 4.84. The summed E-state index contributed by atoms with van der Waals surface area (Å²) in [5, 5.41) is 3.34. The number of esters is 1. The molecule has 0 aliphatic carbocycles. The number of nitrogens with one attached hydrogen (secondary N) is 1. The van der Waals surface area contributed by atoms with Gasteiger partial charge in [-0.3, -0.25) is 4.79 Å². The molecule has 1 atom stereocenters. The van der Waals surface area contributed by atoms with Crippen LogP contribution in [0.3, 0.4) is 0 Å². The van der Waals surface area contributed by atoms with Crippen LogP contribution >= 0.6 is 0 Å². The fraction of sp³-hybridized carbons (Fsp3) is 0.941. The third-order valence-corrected chi connectivity index (χ3v) is 3.61. The smallest absolute Gasteiger partial charge is 0.322 e. The molecule has 0 saturated heterocycles. The SMILES string of the molecule is CCCCCCCCCCN[C@H](CC(C)C)C(=O)OC. The van der Waals surface area contributed by atoms with Gasteiger partial charge in [-0.15, -0.1) is 0 Å². The molecule has 3 nitrogen and oxygen atoms in total. The molecule has 0 saturated carbocycles. The van der Waals surface area contributed by atoms with E-state index in [1.807, 2.05) is 0 Å². The lowest BCUT2D eigenvalue weighted by molar-refractivity contribution is -0.143. The lowest BCUT2D eigenvalue weighted by Crippen LogP contribution is -2.39. The molecule has 120 valence electrons. The van der Waals surface area contributed by atoms with E-state index in [-0.39, 0.29) is 12.0 Å². The first kappa shape index (κ1) is 19.4. The average Bonchev–Trinajstić information content (AvgIpc) is 2.43. The zero-order valence-electron chi connectivity index (χ0n) is 14.0. The number of hydrogen-bond donors (Lipinski definition) is 1. The Kier molecular flexibility index (Phi) is 13.0. The number of unbranched alkanes of at least 4 members (excludes halogenated alkanes) is 7. The number of carbonyl (C=O) groups is 1. The van der Waals surface area contributed by atoms with Crippen molar-refractivity contribution in [3.8, 4) is 0 Å². The van der Waals surface area contributed by atoms with E-state index in [0.717, 1.165) is 19.4 Å². The van der Waals surface area contributed by atoms with Crippen LogP contribution in [0.1, 0.15) is 78.6 Å². The highest BCUT2D eigenvalue weighted by atomic mass is 16.5. The molecule has 0 spiro atoms. The minimum Gasteiger partial charge on any atom is -0.468 e. The van der Waals surface area contributed by atoms with E-state index in [4.69, 9.17) is 4.74 Å². The average molecular weight is 285 g/mol. The fourth-order valence-electron chi connectivity index (χ4n) is 2.41. The van der Waals surface area contributed by atoms with Crippen LogP contribution in [-0.4, -0.2) is 25.7 Å². The van der Waals surface area contributed by atoms with Crippen molar-refractivity contribution in [1.29, 1.82) is 0 Å². The molecule has 0 rings (SSSR count). The second-order valence-corrected chi connectivity index (χ2v) is 6.13. The minimum atomic E-state index is -0.135. The number of methoxy groups -OCH3 is 1. The van der Waals surface area contributed by atoms with Crippen molar-refractivity contribution >= 4 is 5.97 Å². The second-order valence-electron chi connectivity index (χ2n) is 6.13. The van der Waals surface area contributed by atoms with Crippen molar-refractivity contribution in [2.45, 2.75) is 84.6 Å². The second kappa shape index (κ2) is 13.4. The third kappa shape index (κ3) is 11.3. The Hall–Kier alpha value is -0.570. The molecule has 0 aromatic carbocycles. The van der Waals surface area contributed by atoms with Gasteiger partial charge in [-0.1, -0.05) is 65.7 Å². The Labute approximate surface area is 125 Å². The van der Waals surface area contributed by atoms with Gasteiger partial charge in [0, 0.05) is 0 Å². The maximum absolute atomic E-state index is 11.6. The van der Waals surface area contributed by atoms with Gasteiger partial charge in [-0.05, 0) is 25.3 Å². The first-order chi connectivity index (χ1) is 9.61. The highest BCUT2D eigenvalue weighted by Crippen LogP contribution is 2.09. The topological polar surface area (TPSA) is 38.3 Å². The first-order valence-corrected chi connectivity index (χ1v) is 8.43. The highest BCUT2D eigenvalue weighted by molar-refractivity contribution is 5.75. The van der Waals surface area contributed by atoms with Crippen LogP contribution in [0.15, 0.2) is 0 Å². The predicted molar refractivity (Wildman–Crippen MR) is 85.9 cm³/mol. The Morgan fingerprint density at radius 2 is 1.55 bits per heavy atom. The van der Waals surface area contributed by atoms with Gasteiger partial charge in [-0.25, -0.2) is 0 Å². The normalized spacial score (nSPS) is 12.7. The largest absolute Gasteiger partial charge is 0.468 e. The molecular formula is C17H35NO2. The van der Waals surface area contributed by atoms with Crippen molar-refractivity contribution in [2.75, 3.05) is 13.7 Å². The molecule has 0 radical (unpaired) electrons. The van der Waals surface area contributed by atoms with Gasteiger partial charge >= 0.3 is 5.97 Å². The molecule has 0 aliphatic heterocycles. The van der Waals surface area contributed by atoms with Crippen LogP contribution in [0.25, 0.3) is 0 Å². The number of hydrogen-bond acceptors (Lipinski definition) is 3. The van der Waals surface area contributed by atoms with Crippen LogP contribution in [0.5, 0.6) is 0 Å². The van der Waals surface area contributed by atoms with Gasteiger partial charge < -0.3 is 10.1 Å². The van der Waals surface area contributed by atoms with Crippen LogP contribution in [0.2, 0.25) is 0 Å². The molecule has 0 aromatic heterocycles. The zero-order valence-corrected chi connectivity index (χ0v) is 14.0. The number of rotatable bonds is 13. The highest BCUT2D eigenvalue weighted by Gasteiger charge is 2.19. The van der Waals surface area contributed by atoms with Gasteiger partial charge in [0.15, 0.2) is 0 Å². The van der Waals surface area contributed by atoms with Crippen LogP contribution in [0, 0.1) is 5.92 Å². The summed E-state index contributed by atoms with van der Waals surface area (Å²) in [5.74, 6) is 0.378. The van der Waals surface area contributed by atoms with E-state index < -0.39 is 0 Å². The van der Waals surface area contributed by atoms with Crippen LogP contribution < -0.4 is 5.32 Å². The molecule has 0 heterocycles. The lowest BCUT2D eigenvalue weighted by atomic mass is 10.0. The van der Waals surface area contributed by atoms with Crippen molar-refractivity contribution in [2.24, 2.45) is 5.92 Å². The Bertz CT molecular complexity index is 229. The molecule has 0 unspecified atom stereocenters. The molecule has 1 N–H and O–H groups in total. The van der Waals surface area contributed by atoms with Crippen molar-refractivity contribution in [3.63, 3.8) is 0 Å². The minimum absolute atomic E-state index is 0.127. The standard InChI is InChI=1S/C17H35NO2/c1-5-6-7-8-9-10-11-12-13-18-16(14-15(2)3)17(19)20-4/h15-16,18H,5-14H2,1-4H3/t16-/m1/s1. The fourth-order valence-corrected chi connectivity index (χ4v) is 2.41. The van der Waals surface area contributed by atoms with Crippen LogP contribution in [0.4, 0.5) is 0 Å². The van der Waals surface area contributed by atoms with Gasteiger partial charge in [0.2, 0.25) is 0 Å². The predicted octanol–water partition coefficient (Wildman–Crippen LogP) is 4.30. The molecule has 3 heteroatoms. The summed E-state index contributed by atoms with van der Waals surface area (Å²) in [6.07, 6.45) is 11.4. The Morgan fingerprint density at radius 1 is 1.00 bits per heavy atom. The maximum atomic E-state index is 11.6. The first-order valence-electron chi connectivity index (χ1n) is 8.43. The zero-order chi connectivity index (χ0) is 15.2. The Morgan fingerprint density at radius 3 is 2.05 bits per heavy atom. The monoisotopic (exact) mass is 285 g/mol. The summed E-state index contributed by atoms with van der Waals surface area (Å²) in [6.45, 7) is 7.43. The third-order valence-electron chi connectivity index (χ3n) is 3.61.